The molecule has 3 heterocycles. The van der Waals surface area contributed by atoms with Crippen LogP contribution in [0.15, 0.2) is 17.8 Å². The molecule has 128 valence electrons. The number of fused-ring (bicyclic) bond motifs is 1. The lowest BCUT2D eigenvalue weighted by Crippen LogP contribution is -2.29. The van der Waals surface area contributed by atoms with Gasteiger partial charge in [0.05, 0.1) is 12.1 Å². The van der Waals surface area contributed by atoms with Crippen molar-refractivity contribution in [2.24, 2.45) is 0 Å². The summed E-state index contributed by atoms with van der Waals surface area (Å²) in [6, 6.07) is -0.0450. The van der Waals surface area contributed by atoms with Gasteiger partial charge < -0.3 is 9.84 Å². The Morgan fingerprint density at radius 3 is 3.00 bits per heavy atom. The summed E-state index contributed by atoms with van der Waals surface area (Å²) >= 11 is 1.59. The Kier molecular flexibility index (Phi) is 4.34. The third kappa shape index (κ3) is 2.85. The minimum absolute atomic E-state index is 0.0450. The summed E-state index contributed by atoms with van der Waals surface area (Å²) in [4.78, 5) is 10.2. The first-order valence-electron chi connectivity index (χ1n) is 8.40. The van der Waals surface area contributed by atoms with E-state index in [1.807, 2.05) is 33.8 Å². The van der Waals surface area contributed by atoms with Crippen molar-refractivity contribution in [3.63, 3.8) is 0 Å². The molecule has 0 saturated heterocycles. The first kappa shape index (κ1) is 15.7. The van der Waals surface area contributed by atoms with Crippen molar-refractivity contribution >= 4 is 16.3 Å². The summed E-state index contributed by atoms with van der Waals surface area (Å²) < 4.78 is 9.31. The fraction of sp³-hybridized carbons (Fsp3) is 0.562. The molecular formula is C16H21N5O2S. The molecule has 4 rings (SSSR count). The van der Waals surface area contributed by atoms with Crippen molar-refractivity contribution in [3.8, 4) is 11.5 Å². The third-order valence-electron chi connectivity index (χ3n) is 4.44. The second-order valence-corrected chi connectivity index (χ2v) is 6.94. The van der Waals surface area contributed by atoms with Crippen LogP contribution in [-0.4, -0.2) is 42.0 Å². The maximum atomic E-state index is 10.4. The number of aliphatic hydroxyl groups excluding tert-OH is 1. The van der Waals surface area contributed by atoms with Crippen LogP contribution in [0, 0.1) is 0 Å². The lowest BCUT2D eigenvalue weighted by atomic mass is 9.92. The number of hydrogen-bond donors (Lipinski definition) is 1. The maximum absolute atomic E-state index is 10.4. The Bertz CT molecular complexity index is 795. The van der Waals surface area contributed by atoms with Gasteiger partial charge in [-0.05, 0) is 19.8 Å². The topological polar surface area (TPSA) is 77.5 Å². The molecule has 0 bridgehead atoms. The van der Waals surface area contributed by atoms with Gasteiger partial charge in [-0.1, -0.05) is 12.8 Å². The SMILES string of the molecule is CCOCc1nc(-c2cn3ccsc3n2)n([C@@H]2CCCC[C@H]2O)n1. The average Bonchev–Trinajstić information content (AvgIpc) is 3.27. The van der Waals surface area contributed by atoms with E-state index in [1.165, 1.54) is 0 Å². The number of aromatic nitrogens is 5. The molecule has 1 aliphatic rings. The molecule has 1 fully saturated rings. The first-order chi connectivity index (χ1) is 11.8. The van der Waals surface area contributed by atoms with E-state index in [9.17, 15) is 5.11 Å². The number of nitrogens with zero attached hydrogens (tertiary/aromatic N) is 5. The van der Waals surface area contributed by atoms with Crippen molar-refractivity contribution in [2.45, 2.75) is 51.4 Å². The molecule has 7 nitrogen and oxygen atoms in total. The zero-order valence-corrected chi connectivity index (χ0v) is 14.4. The van der Waals surface area contributed by atoms with Crippen LogP contribution in [0.5, 0.6) is 0 Å². The molecule has 0 spiro atoms. The zero-order chi connectivity index (χ0) is 16.5. The standard InChI is InChI=1S/C16H21N5O2S/c1-2-23-10-14-18-15(11-9-20-7-8-24-16(20)17-11)21(19-14)12-5-3-4-6-13(12)22/h7-9,12-13,22H,2-6,10H2,1H3/t12-,13-/m1/s1. The van der Waals surface area contributed by atoms with Crippen LogP contribution in [0.1, 0.15) is 44.5 Å². The van der Waals surface area contributed by atoms with Crippen LogP contribution >= 0.6 is 11.3 Å². The van der Waals surface area contributed by atoms with Gasteiger partial charge in [0.25, 0.3) is 0 Å². The summed E-state index contributed by atoms with van der Waals surface area (Å²) in [5.74, 6) is 1.35. The summed E-state index contributed by atoms with van der Waals surface area (Å²) in [6.07, 6.45) is 7.44. The Hall–Kier alpha value is -1.77. The van der Waals surface area contributed by atoms with E-state index < -0.39 is 0 Å². The highest BCUT2D eigenvalue weighted by molar-refractivity contribution is 7.15. The van der Waals surface area contributed by atoms with E-state index in [1.54, 1.807) is 11.3 Å². The fourth-order valence-corrected chi connectivity index (χ4v) is 3.94. The molecule has 3 aromatic rings. The van der Waals surface area contributed by atoms with Crippen LogP contribution in [0.4, 0.5) is 0 Å². The fourth-order valence-electron chi connectivity index (χ4n) is 3.24. The molecule has 24 heavy (non-hydrogen) atoms. The van der Waals surface area contributed by atoms with Gasteiger partial charge in [-0.15, -0.1) is 11.3 Å². The quantitative estimate of drug-likeness (QED) is 0.768. The van der Waals surface area contributed by atoms with Crippen LogP contribution in [0.2, 0.25) is 0 Å². The van der Waals surface area contributed by atoms with Gasteiger partial charge in [0.15, 0.2) is 16.6 Å². The van der Waals surface area contributed by atoms with Gasteiger partial charge >= 0.3 is 0 Å². The van der Waals surface area contributed by atoms with E-state index >= 15 is 0 Å². The van der Waals surface area contributed by atoms with Gasteiger partial charge in [-0.25, -0.2) is 14.6 Å². The number of ether oxygens (including phenoxy) is 1. The van der Waals surface area contributed by atoms with E-state index in [0.29, 0.717) is 24.9 Å². The first-order valence-corrected chi connectivity index (χ1v) is 9.28. The Morgan fingerprint density at radius 1 is 1.33 bits per heavy atom. The molecule has 1 N–H and O–H groups in total. The van der Waals surface area contributed by atoms with Crippen LogP contribution < -0.4 is 0 Å². The summed E-state index contributed by atoms with van der Waals surface area (Å²) in [5.41, 5.74) is 0.787. The highest BCUT2D eigenvalue weighted by atomic mass is 32.1. The number of thiazole rings is 1. The minimum Gasteiger partial charge on any atom is -0.391 e. The van der Waals surface area contributed by atoms with Gasteiger partial charge in [0.1, 0.15) is 12.3 Å². The maximum Gasteiger partial charge on any atom is 0.194 e. The largest absolute Gasteiger partial charge is 0.391 e. The second kappa shape index (κ2) is 6.62. The lowest BCUT2D eigenvalue weighted by Gasteiger charge is -2.28. The highest BCUT2D eigenvalue weighted by Crippen LogP contribution is 2.32. The molecule has 8 heteroatoms. The predicted molar refractivity (Wildman–Crippen MR) is 90.9 cm³/mol. The molecule has 1 aliphatic carbocycles. The number of imidazole rings is 1. The van der Waals surface area contributed by atoms with Crippen LogP contribution in [0.3, 0.4) is 0 Å². The molecule has 0 unspecified atom stereocenters. The molecule has 0 aliphatic heterocycles. The molecule has 0 amide bonds. The van der Waals surface area contributed by atoms with Gasteiger partial charge in [-0.3, -0.25) is 4.40 Å². The Labute approximate surface area is 143 Å². The monoisotopic (exact) mass is 347 g/mol. The molecular weight excluding hydrogens is 326 g/mol. The highest BCUT2D eigenvalue weighted by Gasteiger charge is 2.29. The van der Waals surface area contributed by atoms with E-state index in [-0.39, 0.29) is 12.1 Å². The zero-order valence-electron chi connectivity index (χ0n) is 13.6. The molecule has 0 radical (unpaired) electrons. The predicted octanol–water partition coefficient (Wildman–Crippen LogP) is 2.67. The van der Waals surface area contributed by atoms with Crippen LogP contribution in [0.25, 0.3) is 16.5 Å². The molecule has 3 aromatic heterocycles. The van der Waals surface area contributed by atoms with Gasteiger partial charge in [0, 0.05) is 24.4 Å². The normalized spacial score (nSPS) is 21.6. The van der Waals surface area contributed by atoms with Crippen LogP contribution in [-0.2, 0) is 11.3 Å². The third-order valence-corrected chi connectivity index (χ3v) is 5.21. The molecule has 2 atom stereocenters. The van der Waals surface area contributed by atoms with E-state index in [2.05, 4.69) is 15.1 Å². The van der Waals surface area contributed by atoms with E-state index in [4.69, 9.17) is 4.74 Å². The lowest BCUT2D eigenvalue weighted by molar-refractivity contribution is 0.0690. The van der Waals surface area contributed by atoms with Crippen molar-refractivity contribution < 1.29 is 9.84 Å². The van der Waals surface area contributed by atoms with Gasteiger partial charge in [-0.2, -0.15) is 5.10 Å². The Balaban J connectivity index is 1.75. The van der Waals surface area contributed by atoms with Gasteiger partial charge in [0.2, 0.25) is 0 Å². The van der Waals surface area contributed by atoms with Crippen molar-refractivity contribution in [3.05, 3.63) is 23.6 Å². The molecule has 0 aromatic carbocycles. The van der Waals surface area contributed by atoms with Crippen molar-refractivity contribution in [1.29, 1.82) is 0 Å². The summed E-state index contributed by atoms with van der Waals surface area (Å²) in [7, 11) is 0. The Morgan fingerprint density at radius 2 is 2.21 bits per heavy atom. The van der Waals surface area contributed by atoms with Crippen molar-refractivity contribution in [2.75, 3.05) is 6.61 Å². The number of hydrogen-bond acceptors (Lipinski definition) is 6. The summed E-state index contributed by atoms with van der Waals surface area (Å²) in [5, 5.41) is 17.1. The minimum atomic E-state index is -0.386. The smallest absolute Gasteiger partial charge is 0.194 e. The summed E-state index contributed by atoms with van der Waals surface area (Å²) in [6.45, 7) is 2.95. The molecule has 1 saturated carbocycles. The van der Waals surface area contributed by atoms with Crippen molar-refractivity contribution in [1.82, 2.24) is 24.1 Å². The number of rotatable bonds is 5. The average molecular weight is 347 g/mol. The van der Waals surface area contributed by atoms with E-state index in [0.717, 1.165) is 36.3 Å². The number of aliphatic hydroxyl groups is 1. The second-order valence-electron chi connectivity index (χ2n) is 6.07.